The summed E-state index contributed by atoms with van der Waals surface area (Å²) in [7, 11) is 0. The Morgan fingerprint density at radius 2 is 1.81 bits per heavy atom. The van der Waals surface area contributed by atoms with Gasteiger partial charge in [-0.25, -0.2) is 0 Å². The predicted molar refractivity (Wildman–Crippen MR) is 61.2 cm³/mol. The van der Waals surface area contributed by atoms with E-state index in [1.54, 1.807) is 0 Å². The largest absolute Gasteiger partial charge is 0.464 e. The molecule has 1 heterocycles. The summed E-state index contributed by atoms with van der Waals surface area (Å²) in [4.78, 5) is 11.4. The van der Waals surface area contributed by atoms with Crippen LogP contribution < -0.4 is 0 Å². The molecule has 0 bridgehead atoms. The molecule has 0 aromatic carbocycles. The lowest BCUT2D eigenvalue weighted by Crippen LogP contribution is -2.46. The highest BCUT2D eigenvalue weighted by molar-refractivity contribution is 5.69. The second-order valence-electron chi connectivity index (χ2n) is 5.11. The van der Waals surface area contributed by atoms with Crippen LogP contribution in [0.2, 0.25) is 0 Å². The fourth-order valence-electron chi connectivity index (χ4n) is 1.77. The highest BCUT2D eigenvalue weighted by atomic mass is 16.5. The van der Waals surface area contributed by atoms with E-state index >= 15 is 0 Å². The lowest BCUT2D eigenvalue weighted by atomic mass is 10.0. The van der Waals surface area contributed by atoms with E-state index in [1.165, 1.54) is 5.06 Å². The molecule has 1 aliphatic heterocycles. The molecule has 0 aromatic heterocycles. The SMILES string of the molecule is CC1(C)COC(=O)CCCCCCCN1O. The van der Waals surface area contributed by atoms with Crippen LogP contribution in [0.15, 0.2) is 0 Å². The number of carbonyl (C=O) groups excluding carboxylic acids is 1. The zero-order valence-electron chi connectivity index (χ0n) is 10.4. The third kappa shape index (κ3) is 4.49. The van der Waals surface area contributed by atoms with Gasteiger partial charge in [0.25, 0.3) is 0 Å². The number of hydroxylamine groups is 2. The highest BCUT2D eigenvalue weighted by Gasteiger charge is 2.27. The fourth-order valence-corrected chi connectivity index (χ4v) is 1.77. The van der Waals surface area contributed by atoms with Crippen LogP contribution in [0.4, 0.5) is 0 Å². The van der Waals surface area contributed by atoms with Crippen LogP contribution in [0.3, 0.4) is 0 Å². The molecule has 0 spiro atoms. The Balaban J connectivity index is 2.51. The molecule has 0 saturated carbocycles. The maximum absolute atomic E-state index is 11.4. The van der Waals surface area contributed by atoms with Crippen LogP contribution in [0, 0.1) is 0 Å². The molecule has 0 atom stereocenters. The second kappa shape index (κ2) is 6.21. The molecule has 1 N–H and O–H groups in total. The maximum atomic E-state index is 11.4. The summed E-state index contributed by atoms with van der Waals surface area (Å²) >= 11 is 0. The van der Waals surface area contributed by atoms with Crippen LogP contribution in [-0.4, -0.2) is 34.9 Å². The van der Waals surface area contributed by atoms with Crippen molar-refractivity contribution in [3.05, 3.63) is 0 Å². The molecule has 0 radical (unpaired) electrons. The third-order valence-corrected chi connectivity index (χ3v) is 3.04. The van der Waals surface area contributed by atoms with Crippen molar-refractivity contribution in [2.24, 2.45) is 0 Å². The molecule has 1 fully saturated rings. The monoisotopic (exact) mass is 229 g/mol. The first-order chi connectivity index (χ1) is 7.52. The van der Waals surface area contributed by atoms with Gasteiger partial charge in [0.1, 0.15) is 6.61 Å². The number of carbonyl (C=O) groups is 1. The normalized spacial score (nSPS) is 25.3. The van der Waals surface area contributed by atoms with Gasteiger partial charge < -0.3 is 9.94 Å². The van der Waals surface area contributed by atoms with Gasteiger partial charge in [-0.05, 0) is 26.7 Å². The number of hydrogen-bond acceptors (Lipinski definition) is 4. The first-order valence-electron chi connectivity index (χ1n) is 6.14. The number of esters is 1. The van der Waals surface area contributed by atoms with E-state index in [2.05, 4.69) is 0 Å². The molecule has 1 saturated heterocycles. The summed E-state index contributed by atoms with van der Waals surface area (Å²) in [5.41, 5.74) is -0.491. The standard InChI is InChI=1S/C12H23NO3/c1-12(2)10-16-11(14)8-6-4-3-5-7-9-13(12)15/h15H,3-10H2,1-2H3. The molecule has 4 nitrogen and oxygen atoms in total. The van der Waals surface area contributed by atoms with Crippen molar-refractivity contribution in [1.29, 1.82) is 0 Å². The van der Waals surface area contributed by atoms with Crippen molar-refractivity contribution in [2.75, 3.05) is 13.2 Å². The molecule has 94 valence electrons. The van der Waals surface area contributed by atoms with Crippen LogP contribution in [0.1, 0.15) is 52.4 Å². The summed E-state index contributed by atoms with van der Waals surface area (Å²) in [6.07, 6.45) is 5.73. The minimum Gasteiger partial charge on any atom is -0.464 e. The first kappa shape index (κ1) is 13.5. The van der Waals surface area contributed by atoms with Crippen LogP contribution in [-0.2, 0) is 9.53 Å². The van der Waals surface area contributed by atoms with Crippen LogP contribution in [0.25, 0.3) is 0 Å². The summed E-state index contributed by atoms with van der Waals surface area (Å²) < 4.78 is 5.16. The van der Waals surface area contributed by atoms with Crippen molar-refractivity contribution in [2.45, 2.75) is 57.9 Å². The number of nitrogens with zero attached hydrogens (tertiary/aromatic N) is 1. The molecular weight excluding hydrogens is 206 g/mol. The van der Waals surface area contributed by atoms with Gasteiger partial charge in [-0.3, -0.25) is 4.79 Å². The zero-order valence-corrected chi connectivity index (χ0v) is 10.4. The van der Waals surface area contributed by atoms with E-state index in [-0.39, 0.29) is 12.6 Å². The molecule has 0 aliphatic carbocycles. The smallest absolute Gasteiger partial charge is 0.305 e. The first-order valence-corrected chi connectivity index (χ1v) is 6.14. The maximum Gasteiger partial charge on any atom is 0.305 e. The van der Waals surface area contributed by atoms with Crippen molar-refractivity contribution in [3.8, 4) is 0 Å². The van der Waals surface area contributed by atoms with Gasteiger partial charge in [-0.2, -0.15) is 5.06 Å². The van der Waals surface area contributed by atoms with E-state index in [0.29, 0.717) is 13.0 Å². The van der Waals surface area contributed by atoms with E-state index in [4.69, 9.17) is 4.74 Å². The van der Waals surface area contributed by atoms with Gasteiger partial charge >= 0.3 is 5.97 Å². The summed E-state index contributed by atoms with van der Waals surface area (Å²) in [6, 6.07) is 0. The van der Waals surface area contributed by atoms with Gasteiger partial charge in [0.15, 0.2) is 0 Å². The van der Waals surface area contributed by atoms with Gasteiger partial charge in [-0.15, -0.1) is 0 Å². The molecule has 1 aliphatic rings. The Labute approximate surface area is 97.5 Å². The quantitative estimate of drug-likeness (QED) is 0.648. The van der Waals surface area contributed by atoms with Crippen molar-refractivity contribution >= 4 is 5.97 Å². The summed E-state index contributed by atoms with van der Waals surface area (Å²) in [6.45, 7) is 4.66. The van der Waals surface area contributed by atoms with Crippen LogP contribution >= 0.6 is 0 Å². The van der Waals surface area contributed by atoms with E-state index in [1.807, 2.05) is 13.8 Å². The highest BCUT2D eigenvalue weighted by Crippen LogP contribution is 2.16. The summed E-state index contributed by atoms with van der Waals surface area (Å²) in [5, 5.41) is 11.1. The van der Waals surface area contributed by atoms with Crippen LogP contribution in [0.5, 0.6) is 0 Å². The Kier molecular flexibility index (Phi) is 5.22. The number of hydrogen-bond donors (Lipinski definition) is 1. The van der Waals surface area contributed by atoms with Gasteiger partial charge in [-0.1, -0.05) is 19.3 Å². The predicted octanol–water partition coefficient (Wildman–Crippen LogP) is 2.35. The number of rotatable bonds is 0. The topological polar surface area (TPSA) is 49.8 Å². The molecule has 16 heavy (non-hydrogen) atoms. The molecule has 0 unspecified atom stereocenters. The molecule has 0 amide bonds. The minimum absolute atomic E-state index is 0.151. The molecule has 1 rings (SSSR count). The Morgan fingerprint density at radius 3 is 2.56 bits per heavy atom. The van der Waals surface area contributed by atoms with E-state index in [9.17, 15) is 10.0 Å². The van der Waals surface area contributed by atoms with Crippen molar-refractivity contribution in [1.82, 2.24) is 5.06 Å². The molecule has 4 heteroatoms. The van der Waals surface area contributed by atoms with E-state index in [0.717, 1.165) is 32.1 Å². The Bertz CT molecular complexity index is 228. The third-order valence-electron chi connectivity index (χ3n) is 3.04. The van der Waals surface area contributed by atoms with Crippen molar-refractivity contribution < 1.29 is 14.7 Å². The fraction of sp³-hybridized carbons (Fsp3) is 0.917. The Morgan fingerprint density at radius 1 is 1.19 bits per heavy atom. The average Bonchev–Trinajstić information content (AvgIpc) is 2.23. The van der Waals surface area contributed by atoms with Crippen molar-refractivity contribution in [3.63, 3.8) is 0 Å². The number of ether oxygens (including phenoxy) is 1. The number of cyclic esters (lactones) is 1. The lowest BCUT2D eigenvalue weighted by Gasteiger charge is -2.33. The lowest BCUT2D eigenvalue weighted by molar-refractivity contribution is -0.186. The van der Waals surface area contributed by atoms with Gasteiger partial charge in [0, 0.05) is 13.0 Å². The average molecular weight is 229 g/mol. The molecule has 0 aromatic rings. The van der Waals surface area contributed by atoms with Gasteiger partial charge in [0.2, 0.25) is 0 Å². The zero-order chi connectivity index (χ0) is 12.0. The van der Waals surface area contributed by atoms with Gasteiger partial charge in [0.05, 0.1) is 5.54 Å². The Hall–Kier alpha value is -0.610. The molecular formula is C12H23NO3. The minimum atomic E-state index is -0.491. The second-order valence-corrected chi connectivity index (χ2v) is 5.11. The van der Waals surface area contributed by atoms with E-state index < -0.39 is 5.54 Å². The summed E-state index contributed by atoms with van der Waals surface area (Å²) in [5.74, 6) is -0.151.